The summed E-state index contributed by atoms with van der Waals surface area (Å²) in [7, 11) is 0. The van der Waals surface area contributed by atoms with Gasteiger partial charge in [0, 0.05) is 0 Å². The summed E-state index contributed by atoms with van der Waals surface area (Å²) in [6, 6.07) is 0. The second-order valence-corrected chi connectivity index (χ2v) is 11.7. The maximum atomic E-state index is 3.88. The first-order valence-electron chi connectivity index (χ1n) is 10.2. The third-order valence-corrected chi connectivity index (χ3v) is 8.24. The van der Waals surface area contributed by atoms with Gasteiger partial charge in [0.2, 0.25) is 0 Å². The third kappa shape index (κ3) is 19.0. The largest absolute Gasteiger partial charge is 0.0654 e. The molecule has 1 unspecified atom stereocenters. The Hall–Kier alpha value is 0.910. The van der Waals surface area contributed by atoms with Gasteiger partial charge in [0.05, 0.1) is 0 Å². The first kappa shape index (κ1) is 22.9. The molecular weight excluding hydrogens is 351 g/mol. The van der Waals surface area contributed by atoms with Gasteiger partial charge in [-0.2, -0.15) is 0 Å². The van der Waals surface area contributed by atoms with Crippen molar-refractivity contribution >= 4 is 22.1 Å². The molecule has 0 aromatic rings. The molecule has 2 heteroatoms. The minimum absolute atomic E-state index is 0.186. The van der Waals surface area contributed by atoms with E-state index in [1.807, 2.05) is 0 Å². The molecule has 22 heavy (non-hydrogen) atoms. The number of hydrogen-bond donors (Lipinski definition) is 0. The Bertz CT molecular complexity index is 196. The molecule has 0 aromatic heterocycles. The topological polar surface area (TPSA) is 0 Å². The van der Waals surface area contributed by atoms with Crippen LogP contribution in [0, 0.1) is 0 Å². The molecule has 0 saturated carbocycles. The van der Waals surface area contributed by atoms with E-state index in [0.29, 0.717) is 0 Å². The predicted molar refractivity (Wildman–Crippen MR) is 111 cm³/mol. The fourth-order valence-electron chi connectivity index (χ4n) is 2.92. The molecule has 134 valence electrons. The third-order valence-electron chi connectivity index (χ3n) is 4.51. The van der Waals surface area contributed by atoms with E-state index < -0.39 is 0 Å². The maximum Gasteiger partial charge on any atom is -0.0227 e. The molecule has 0 rings (SSSR count). The van der Waals surface area contributed by atoms with Gasteiger partial charge < -0.3 is 0 Å². The fraction of sp³-hybridized carbons (Fsp3) is 1.00. The lowest BCUT2D eigenvalue weighted by atomic mass is 10.0. The minimum Gasteiger partial charge on any atom is -0.0654 e. The summed E-state index contributed by atoms with van der Waals surface area (Å²) >= 11 is 3.88. The standard InChI is InChI=1S/C20H42BrP/c1-3-5-7-8-9-10-11-12-13-14-15-16-17-18-20-22(21)19-6-4-2/h3-20H2,1-2H3. The van der Waals surface area contributed by atoms with Crippen LogP contribution in [0.3, 0.4) is 0 Å². The summed E-state index contributed by atoms with van der Waals surface area (Å²) < 4.78 is 0. The Morgan fingerprint density at radius 3 is 1.18 bits per heavy atom. The molecule has 0 aliphatic carbocycles. The van der Waals surface area contributed by atoms with Crippen LogP contribution >= 0.6 is 22.1 Å². The van der Waals surface area contributed by atoms with Crippen LogP contribution in [0.4, 0.5) is 0 Å². The van der Waals surface area contributed by atoms with Gasteiger partial charge in [0.1, 0.15) is 0 Å². The van der Waals surface area contributed by atoms with Gasteiger partial charge in [0.25, 0.3) is 0 Å². The van der Waals surface area contributed by atoms with Crippen molar-refractivity contribution in [2.75, 3.05) is 12.3 Å². The number of rotatable bonds is 18. The Balaban J connectivity index is 3.02. The van der Waals surface area contributed by atoms with E-state index in [-0.39, 0.29) is 6.62 Å². The van der Waals surface area contributed by atoms with Gasteiger partial charge in [-0.25, -0.2) is 0 Å². The lowest BCUT2D eigenvalue weighted by Gasteiger charge is -2.08. The summed E-state index contributed by atoms with van der Waals surface area (Å²) in [5.41, 5.74) is 0. The van der Waals surface area contributed by atoms with Gasteiger partial charge in [-0.15, -0.1) is 0 Å². The highest BCUT2D eigenvalue weighted by Gasteiger charge is 2.02. The van der Waals surface area contributed by atoms with E-state index in [0.717, 1.165) is 0 Å². The van der Waals surface area contributed by atoms with Crippen LogP contribution in [0.2, 0.25) is 0 Å². The molecule has 0 aromatic carbocycles. The zero-order chi connectivity index (χ0) is 16.3. The normalized spacial score (nSPS) is 12.7. The maximum absolute atomic E-state index is 3.88. The van der Waals surface area contributed by atoms with Crippen LogP contribution in [-0.4, -0.2) is 12.3 Å². The highest BCUT2D eigenvalue weighted by molar-refractivity contribution is 9.39. The molecule has 0 radical (unpaired) electrons. The van der Waals surface area contributed by atoms with Gasteiger partial charge in [-0.3, -0.25) is 0 Å². The van der Waals surface area contributed by atoms with E-state index in [1.165, 1.54) is 115 Å². The Morgan fingerprint density at radius 1 is 0.455 bits per heavy atom. The summed E-state index contributed by atoms with van der Waals surface area (Å²) in [4.78, 5) is 0. The number of unbranched alkanes of at least 4 members (excludes halogenated alkanes) is 14. The minimum atomic E-state index is 0.186. The first-order valence-corrected chi connectivity index (χ1v) is 13.9. The molecule has 0 N–H and O–H groups in total. The summed E-state index contributed by atoms with van der Waals surface area (Å²) in [5.74, 6) is 0. The van der Waals surface area contributed by atoms with Crippen molar-refractivity contribution in [3.05, 3.63) is 0 Å². The molecule has 0 spiro atoms. The molecule has 0 fully saturated rings. The molecular formula is C20H42BrP. The van der Waals surface area contributed by atoms with Crippen molar-refractivity contribution in [1.29, 1.82) is 0 Å². The molecule has 0 amide bonds. The van der Waals surface area contributed by atoms with Crippen LogP contribution in [0.15, 0.2) is 0 Å². The average molecular weight is 393 g/mol. The molecule has 0 bridgehead atoms. The van der Waals surface area contributed by atoms with Gasteiger partial charge >= 0.3 is 0 Å². The summed E-state index contributed by atoms with van der Waals surface area (Å²) in [5, 5.41) is 0. The second-order valence-electron chi connectivity index (χ2n) is 6.86. The van der Waals surface area contributed by atoms with E-state index in [1.54, 1.807) is 0 Å². The van der Waals surface area contributed by atoms with Crippen molar-refractivity contribution in [2.45, 2.75) is 117 Å². The van der Waals surface area contributed by atoms with Crippen molar-refractivity contribution in [2.24, 2.45) is 0 Å². The van der Waals surface area contributed by atoms with Crippen LogP contribution in [0.25, 0.3) is 0 Å². The molecule has 1 atom stereocenters. The monoisotopic (exact) mass is 392 g/mol. The van der Waals surface area contributed by atoms with E-state index >= 15 is 0 Å². The lowest BCUT2D eigenvalue weighted by molar-refractivity contribution is 0.538. The number of hydrogen-bond acceptors (Lipinski definition) is 0. The summed E-state index contributed by atoms with van der Waals surface area (Å²) in [6.07, 6.45) is 26.2. The smallest absolute Gasteiger partial charge is 0.0227 e. The van der Waals surface area contributed by atoms with Crippen molar-refractivity contribution in [1.82, 2.24) is 0 Å². The first-order chi connectivity index (χ1) is 10.8. The van der Waals surface area contributed by atoms with Crippen LogP contribution in [0.5, 0.6) is 0 Å². The van der Waals surface area contributed by atoms with Crippen molar-refractivity contribution in [3.8, 4) is 0 Å². The van der Waals surface area contributed by atoms with E-state index in [4.69, 9.17) is 0 Å². The average Bonchev–Trinajstić information content (AvgIpc) is 2.53. The van der Waals surface area contributed by atoms with E-state index in [2.05, 4.69) is 29.3 Å². The summed E-state index contributed by atoms with van der Waals surface area (Å²) in [6.45, 7) is 4.78. The predicted octanol–water partition coefficient (Wildman–Crippen LogP) is 9.06. The zero-order valence-corrected chi connectivity index (χ0v) is 18.0. The molecule has 0 saturated heterocycles. The van der Waals surface area contributed by atoms with Crippen molar-refractivity contribution in [3.63, 3.8) is 0 Å². The Morgan fingerprint density at radius 2 is 0.773 bits per heavy atom. The highest BCUT2D eigenvalue weighted by atomic mass is 79.9. The van der Waals surface area contributed by atoms with Crippen LogP contribution < -0.4 is 0 Å². The SMILES string of the molecule is CCCCCCCCCCCCCCCCP(Br)CCCC. The van der Waals surface area contributed by atoms with Gasteiger partial charge in [0.15, 0.2) is 0 Å². The second kappa shape index (κ2) is 20.0. The zero-order valence-electron chi connectivity index (χ0n) is 15.6. The molecule has 0 aliphatic rings. The van der Waals surface area contributed by atoms with Crippen LogP contribution in [0.1, 0.15) is 117 Å². The lowest BCUT2D eigenvalue weighted by Crippen LogP contribution is -1.87. The quantitative estimate of drug-likeness (QED) is 0.161. The Labute approximate surface area is 151 Å². The van der Waals surface area contributed by atoms with Crippen molar-refractivity contribution < 1.29 is 0 Å². The fourth-order valence-corrected chi connectivity index (χ4v) is 5.87. The van der Waals surface area contributed by atoms with Gasteiger partial charge in [-0.1, -0.05) is 119 Å². The highest BCUT2D eigenvalue weighted by Crippen LogP contribution is 2.45. The molecule has 0 heterocycles. The molecule has 0 aliphatic heterocycles. The Kier molecular flexibility index (Phi) is 20.8. The van der Waals surface area contributed by atoms with Crippen LogP contribution in [-0.2, 0) is 0 Å². The molecule has 0 nitrogen and oxygen atoms in total. The van der Waals surface area contributed by atoms with Gasteiger partial charge in [-0.05, 0) is 31.8 Å². The number of halogens is 1. The van der Waals surface area contributed by atoms with E-state index in [9.17, 15) is 0 Å².